The second kappa shape index (κ2) is 6.55. The fourth-order valence-corrected chi connectivity index (χ4v) is 3.03. The Bertz CT molecular complexity index is 645. The van der Waals surface area contributed by atoms with Crippen molar-refractivity contribution in [1.29, 1.82) is 0 Å². The third kappa shape index (κ3) is 4.15. The van der Waals surface area contributed by atoms with Gasteiger partial charge in [-0.1, -0.05) is 18.2 Å². The molecular formula is C19H26N2O3. The van der Waals surface area contributed by atoms with Crippen molar-refractivity contribution >= 4 is 12.2 Å². The van der Waals surface area contributed by atoms with Gasteiger partial charge in [-0.25, -0.2) is 0 Å². The fourth-order valence-electron chi connectivity index (χ4n) is 3.03. The van der Waals surface area contributed by atoms with Gasteiger partial charge in [0, 0.05) is 18.3 Å². The number of phenols is 1. The zero-order valence-electron chi connectivity index (χ0n) is 14.7. The zero-order valence-corrected chi connectivity index (χ0v) is 14.7. The van der Waals surface area contributed by atoms with E-state index in [1.807, 2.05) is 43.9 Å². The Balaban J connectivity index is 1.73. The summed E-state index contributed by atoms with van der Waals surface area (Å²) < 4.78 is 5.40. The normalized spacial score (nSPS) is 21.2. The van der Waals surface area contributed by atoms with Gasteiger partial charge in [0.2, 0.25) is 0 Å². The number of nitrogens with zero attached hydrogens (tertiary/aromatic N) is 2. The van der Waals surface area contributed by atoms with Crippen molar-refractivity contribution in [3.8, 4) is 5.75 Å². The average Bonchev–Trinajstić information content (AvgIpc) is 3.17. The first-order valence-corrected chi connectivity index (χ1v) is 8.62. The first kappa shape index (κ1) is 17.0. The number of rotatable bonds is 5. The minimum Gasteiger partial charge on any atom is -0.507 e. The second-order valence-corrected chi connectivity index (χ2v) is 7.72. The van der Waals surface area contributed by atoms with Gasteiger partial charge in [-0.15, -0.1) is 0 Å². The molecule has 0 radical (unpaired) electrons. The van der Waals surface area contributed by atoms with E-state index in [9.17, 15) is 9.90 Å². The number of phenolic OH excluding ortho intramolecular Hbond substituents is 1. The smallest absolute Gasteiger partial charge is 0.320 e. The van der Waals surface area contributed by atoms with E-state index < -0.39 is 5.60 Å². The Morgan fingerprint density at radius 2 is 2.12 bits per heavy atom. The summed E-state index contributed by atoms with van der Waals surface area (Å²) in [6.45, 7) is 6.31. The van der Waals surface area contributed by atoms with Crippen LogP contribution in [0.3, 0.4) is 0 Å². The largest absolute Gasteiger partial charge is 0.507 e. The maximum atomic E-state index is 12.1. The standard InChI is InChI=1S/C19H26N2O3/c1-19(2,3)24-16(22)12-21-10-9-20-18(21)15-6-4-5-14(17(15)23)11-13-7-8-13/h4-6,9,13,18,23H,7-8,10-12H2,1-3H3. The quantitative estimate of drug-likeness (QED) is 0.843. The molecule has 1 atom stereocenters. The lowest BCUT2D eigenvalue weighted by atomic mass is 10.0. The van der Waals surface area contributed by atoms with Gasteiger partial charge in [-0.05, 0) is 51.5 Å². The molecule has 1 unspecified atom stereocenters. The van der Waals surface area contributed by atoms with Crippen LogP contribution in [0.2, 0.25) is 0 Å². The summed E-state index contributed by atoms with van der Waals surface area (Å²) in [6, 6.07) is 5.83. The lowest BCUT2D eigenvalue weighted by molar-refractivity contribution is -0.156. The average molecular weight is 330 g/mol. The molecule has 5 heteroatoms. The number of carbonyl (C=O) groups is 1. The minimum absolute atomic E-state index is 0.161. The first-order chi connectivity index (χ1) is 11.3. The highest BCUT2D eigenvalue weighted by Gasteiger charge is 2.30. The van der Waals surface area contributed by atoms with Crippen LogP contribution in [0.15, 0.2) is 23.2 Å². The topological polar surface area (TPSA) is 62.1 Å². The third-order valence-electron chi connectivity index (χ3n) is 4.30. The van der Waals surface area contributed by atoms with Crippen molar-refractivity contribution in [2.45, 2.75) is 51.8 Å². The lowest BCUT2D eigenvalue weighted by Crippen LogP contribution is -2.35. The molecule has 3 rings (SSSR count). The van der Waals surface area contributed by atoms with Gasteiger partial charge in [0.15, 0.2) is 0 Å². The van der Waals surface area contributed by atoms with Crippen LogP contribution < -0.4 is 0 Å². The highest BCUT2D eigenvalue weighted by Crippen LogP contribution is 2.39. The van der Waals surface area contributed by atoms with Crippen LogP contribution in [-0.4, -0.2) is 40.9 Å². The molecule has 0 amide bonds. The summed E-state index contributed by atoms with van der Waals surface area (Å²) in [7, 11) is 0. The number of aliphatic imine (C=N–C) groups is 1. The van der Waals surface area contributed by atoms with Crippen LogP contribution in [0.25, 0.3) is 0 Å². The van der Waals surface area contributed by atoms with Crippen LogP contribution in [0.1, 0.15) is 50.9 Å². The maximum absolute atomic E-state index is 12.1. The monoisotopic (exact) mass is 330 g/mol. The van der Waals surface area contributed by atoms with Crippen LogP contribution >= 0.6 is 0 Å². The van der Waals surface area contributed by atoms with Crippen molar-refractivity contribution < 1.29 is 14.6 Å². The van der Waals surface area contributed by atoms with Crippen LogP contribution in [0, 0.1) is 5.92 Å². The van der Waals surface area contributed by atoms with E-state index >= 15 is 0 Å². The molecule has 1 saturated carbocycles. The van der Waals surface area contributed by atoms with Gasteiger partial charge in [-0.2, -0.15) is 0 Å². The minimum atomic E-state index is -0.501. The Hall–Kier alpha value is -1.88. The lowest BCUT2D eigenvalue weighted by Gasteiger charge is -2.26. The van der Waals surface area contributed by atoms with E-state index in [-0.39, 0.29) is 18.7 Å². The van der Waals surface area contributed by atoms with Gasteiger partial charge < -0.3 is 9.84 Å². The fraction of sp³-hybridized carbons (Fsp3) is 0.579. The molecule has 1 aromatic rings. The summed E-state index contributed by atoms with van der Waals surface area (Å²) in [4.78, 5) is 18.5. The first-order valence-electron chi connectivity index (χ1n) is 8.62. The van der Waals surface area contributed by atoms with Crippen molar-refractivity contribution in [1.82, 2.24) is 4.90 Å². The Morgan fingerprint density at radius 1 is 1.38 bits per heavy atom. The summed E-state index contributed by atoms with van der Waals surface area (Å²) in [5.74, 6) is 0.755. The molecule has 0 bridgehead atoms. The molecule has 0 spiro atoms. The van der Waals surface area contributed by atoms with Gasteiger partial charge >= 0.3 is 5.97 Å². The van der Waals surface area contributed by atoms with Crippen LogP contribution in [-0.2, 0) is 16.0 Å². The molecule has 0 aromatic heterocycles. The molecule has 1 N–H and O–H groups in total. The summed E-state index contributed by atoms with van der Waals surface area (Å²) >= 11 is 0. The Labute approximate surface area is 143 Å². The summed E-state index contributed by atoms with van der Waals surface area (Å²) in [5, 5.41) is 10.6. The van der Waals surface area contributed by atoms with Crippen molar-refractivity contribution in [3.05, 3.63) is 29.3 Å². The number of aromatic hydroxyl groups is 1. The number of hydrogen-bond acceptors (Lipinski definition) is 5. The second-order valence-electron chi connectivity index (χ2n) is 7.72. The SMILES string of the molecule is CC(C)(C)OC(=O)CN1CC=NC1c1cccc(CC2CC2)c1O. The van der Waals surface area contributed by atoms with Crippen LogP contribution in [0.5, 0.6) is 5.75 Å². The molecule has 2 aliphatic rings. The molecule has 1 aliphatic carbocycles. The summed E-state index contributed by atoms with van der Waals surface area (Å²) in [5.41, 5.74) is 1.25. The van der Waals surface area contributed by atoms with E-state index in [2.05, 4.69) is 4.99 Å². The molecule has 130 valence electrons. The van der Waals surface area contributed by atoms with Crippen molar-refractivity contribution in [2.24, 2.45) is 10.9 Å². The van der Waals surface area contributed by atoms with Crippen molar-refractivity contribution in [3.63, 3.8) is 0 Å². The maximum Gasteiger partial charge on any atom is 0.320 e. The van der Waals surface area contributed by atoms with E-state index in [1.54, 1.807) is 6.21 Å². The molecular weight excluding hydrogens is 304 g/mol. The molecule has 0 saturated heterocycles. The number of carbonyl (C=O) groups excluding carboxylic acids is 1. The highest BCUT2D eigenvalue weighted by molar-refractivity contribution is 5.74. The Morgan fingerprint density at radius 3 is 2.79 bits per heavy atom. The molecule has 1 fully saturated rings. The number of hydrogen-bond donors (Lipinski definition) is 1. The number of para-hydroxylation sites is 1. The van der Waals surface area contributed by atoms with E-state index in [0.717, 1.165) is 17.5 Å². The van der Waals surface area contributed by atoms with Gasteiger partial charge in [-0.3, -0.25) is 14.7 Å². The molecule has 1 aliphatic heterocycles. The Kier molecular flexibility index (Phi) is 4.63. The van der Waals surface area contributed by atoms with Crippen LogP contribution in [0.4, 0.5) is 0 Å². The van der Waals surface area contributed by atoms with Crippen molar-refractivity contribution in [2.75, 3.05) is 13.1 Å². The number of benzene rings is 1. The number of esters is 1. The van der Waals surface area contributed by atoms with Gasteiger partial charge in [0.25, 0.3) is 0 Å². The van der Waals surface area contributed by atoms with Gasteiger partial charge in [0.1, 0.15) is 17.5 Å². The van der Waals surface area contributed by atoms with E-state index in [4.69, 9.17) is 4.74 Å². The molecule has 1 heterocycles. The third-order valence-corrected chi connectivity index (χ3v) is 4.30. The predicted octanol–water partition coefficient (Wildman–Crippen LogP) is 3.07. The van der Waals surface area contributed by atoms with Gasteiger partial charge in [0.05, 0.1) is 6.54 Å². The number of ether oxygens (including phenoxy) is 1. The molecule has 24 heavy (non-hydrogen) atoms. The summed E-state index contributed by atoms with van der Waals surface area (Å²) in [6.07, 6.45) is 4.88. The highest BCUT2D eigenvalue weighted by atomic mass is 16.6. The molecule has 1 aromatic carbocycles. The molecule has 5 nitrogen and oxygen atoms in total. The zero-order chi connectivity index (χ0) is 17.3. The van der Waals surface area contributed by atoms with E-state index in [1.165, 1.54) is 12.8 Å². The predicted molar refractivity (Wildman–Crippen MR) is 93.2 cm³/mol. The van der Waals surface area contributed by atoms with E-state index in [0.29, 0.717) is 18.2 Å².